The van der Waals surface area contributed by atoms with Crippen LogP contribution in [-0.4, -0.2) is 36.5 Å². The molecule has 0 spiro atoms. The topological polar surface area (TPSA) is 74.6 Å². The van der Waals surface area contributed by atoms with Crippen molar-refractivity contribution in [3.63, 3.8) is 0 Å². The van der Waals surface area contributed by atoms with E-state index in [0.29, 0.717) is 17.8 Å². The van der Waals surface area contributed by atoms with Crippen LogP contribution < -0.4 is 0 Å². The van der Waals surface area contributed by atoms with Crippen LogP contribution in [0.2, 0.25) is 0 Å². The minimum atomic E-state index is -0.971. The third kappa shape index (κ3) is 4.27. The summed E-state index contributed by atoms with van der Waals surface area (Å²) in [6.07, 6.45) is 0.0773. The number of ether oxygens (including phenoxy) is 2. The van der Waals surface area contributed by atoms with Gasteiger partial charge in [0.05, 0.1) is 19.8 Å². The zero-order valence-electron chi connectivity index (χ0n) is 16.4. The van der Waals surface area contributed by atoms with Gasteiger partial charge in [0.25, 0.3) is 0 Å². The van der Waals surface area contributed by atoms with Crippen LogP contribution in [0.4, 0.5) is 0 Å². The molecule has 6 heteroatoms. The smallest absolute Gasteiger partial charge is 0.339 e. The van der Waals surface area contributed by atoms with E-state index in [1.54, 1.807) is 0 Å². The maximum atomic E-state index is 12.4. The van der Waals surface area contributed by atoms with E-state index in [0.717, 1.165) is 16.8 Å². The molecule has 0 aliphatic rings. The van der Waals surface area contributed by atoms with Crippen molar-refractivity contribution >= 4 is 17.7 Å². The van der Waals surface area contributed by atoms with Crippen molar-refractivity contribution in [3.05, 3.63) is 58.4 Å². The second kappa shape index (κ2) is 8.66. The number of rotatable bonds is 7. The molecule has 1 aromatic carbocycles. The van der Waals surface area contributed by atoms with Gasteiger partial charge in [-0.15, -0.1) is 0 Å². The fourth-order valence-corrected chi connectivity index (χ4v) is 3.23. The van der Waals surface area contributed by atoms with Crippen LogP contribution >= 0.6 is 0 Å². The minimum Gasteiger partial charge on any atom is -0.468 e. The van der Waals surface area contributed by atoms with Crippen LogP contribution in [0, 0.1) is 19.8 Å². The van der Waals surface area contributed by atoms with Crippen LogP contribution in [0.1, 0.15) is 39.8 Å². The molecule has 1 aromatic heterocycles. The fraction of sp³-hybridized carbons (Fsp3) is 0.381. The Kier molecular flexibility index (Phi) is 6.55. The van der Waals surface area contributed by atoms with Crippen molar-refractivity contribution in [2.45, 2.75) is 33.7 Å². The van der Waals surface area contributed by atoms with Gasteiger partial charge in [0.1, 0.15) is 11.7 Å². The van der Waals surface area contributed by atoms with E-state index in [1.165, 1.54) is 21.1 Å². The van der Waals surface area contributed by atoms with Crippen molar-refractivity contribution in [1.29, 1.82) is 0 Å². The normalized spacial score (nSPS) is 11.7. The monoisotopic (exact) mass is 371 g/mol. The lowest BCUT2D eigenvalue weighted by Crippen LogP contribution is -2.27. The fourth-order valence-electron chi connectivity index (χ4n) is 3.23. The number of Topliss-reactive ketones (excluding diaryl/α,β-unsaturated/α-hetero) is 1. The number of nitrogens with zero attached hydrogens (tertiary/aromatic N) is 1. The quantitative estimate of drug-likeness (QED) is 0.553. The molecular weight excluding hydrogens is 346 g/mol. The van der Waals surface area contributed by atoms with Crippen molar-refractivity contribution < 1.29 is 23.9 Å². The standard InChI is InChI=1S/C21H25NO5/c1-13-14(2)22(12-16-9-7-6-8-10-16)18(19(13)21(25)27-5)11-17(15(3)23)20(24)26-4/h6-10,17H,11-12H2,1-5H3/t17-/m1/s1. The number of ketones is 1. The van der Waals surface area contributed by atoms with Crippen LogP contribution in [0.5, 0.6) is 0 Å². The Balaban J connectivity index is 2.60. The number of benzene rings is 1. The minimum absolute atomic E-state index is 0.0773. The molecule has 0 saturated carbocycles. The van der Waals surface area contributed by atoms with E-state index >= 15 is 0 Å². The van der Waals surface area contributed by atoms with Crippen molar-refractivity contribution in [3.8, 4) is 0 Å². The molecule has 0 unspecified atom stereocenters. The van der Waals surface area contributed by atoms with Crippen LogP contribution in [0.3, 0.4) is 0 Å². The van der Waals surface area contributed by atoms with E-state index in [2.05, 4.69) is 0 Å². The summed E-state index contributed by atoms with van der Waals surface area (Å²) < 4.78 is 11.7. The highest BCUT2D eigenvalue weighted by atomic mass is 16.5. The first-order chi connectivity index (χ1) is 12.8. The molecule has 0 bridgehead atoms. The van der Waals surface area contributed by atoms with Crippen molar-refractivity contribution in [1.82, 2.24) is 4.57 Å². The van der Waals surface area contributed by atoms with Gasteiger partial charge in [0.15, 0.2) is 0 Å². The van der Waals surface area contributed by atoms with E-state index in [1.807, 2.05) is 48.7 Å². The van der Waals surface area contributed by atoms with Gasteiger partial charge >= 0.3 is 11.9 Å². The predicted octanol–water partition coefficient (Wildman–Crippen LogP) is 2.86. The largest absolute Gasteiger partial charge is 0.468 e. The maximum Gasteiger partial charge on any atom is 0.339 e. The number of aromatic nitrogens is 1. The Morgan fingerprint density at radius 1 is 1.04 bits per heavy atom. The van der Waals surface area contributed by atoms with Gasteiger partial charge in [0, 0.05) is 24.4 Å². The molecule has 0 aliphatic heterocycles. The molecule has 27 heavy (non-hydrogen) atoms. The Morgan fingerprint density at radius 3 is 2.19 bits per heavy atom. The third-order valence-corrected chi connectivity index (χ3v) is 4.88. The van der Waals surface area contributed by atoms with E-state index in [4.69, 9.17) is 9.47 Å². The number of carbonyl (C=O) groups is 3. The highest BCUT2D eigenvalue weighted by Crippen LogP contribution is 2.27. The molecule has 0 aliphatic carbocycles. The van der Waals surface area contributed by atoms with Gasteiger partial charge in [0.2, 0.25) is 0 Å². The van der Waals surface area contributed by atoms with Crippen LogP contribution in [0.15, 0.2) is 30.3 Å². The maximum absolute atomic E-state index is 12.4. The molecule has 0 N–H and O–H groups in total. The molecule has 0 amide bonds. The molecule has 1 heterocycles. The first kappa shape index (κ1) is 20.4. The van der Waals surface area contributed by atoms with Crippen LogP contribution in [-0.2, 0) is 32.0 Å². The highest BCUT2D eigenvalue weighted by Gasteiger charge is 2.31. The summed E-state index contributed by atoms with van der Waals surface area (Å²) in [4.78, 5) is 36.6. The van der Waals surface area contributed by atoms with Gasteiger partial charge in [-0.3, -0.25) is 9.59 Å². The Morgan fingerprint density at radius 2 is 1.67 bits per heavy atom. The lowest BCUT2D eigenvalue weighted by molar-refractivity contribution is -0.148. The second-order valence-electron chi connectivity index (χ2n) is 6.49. The molecule has 0 radical (unpaired) electrons. The summed E-state index contributed by atoms with van der Waals surface area (Å²) in [6, 6.07) is 9.78. The predicted molar refractivity (Wildman–Crippen MR) is 101 cm³/mol. The second-order valence-corrected chi connectivity index (χ2v) is 6.49. The van der Waals surface area contributed by atoms with E-state index in [-0.39, 0.29) is 12.2 Å². The van der Waals surface area contributed by atoms with E-state index in [9.17, 15) is 14.4 Å². The number of esters is 2. The Hall–Kier alpha value is -2.89. The Labute approximate surface area is 159 Å². The highest BCUT2D eigenvalue weighted by molar-refractivity contribution is 5.99. The zero-order valence-corrected chi connectivity index (χ0v) is 16.4. The SMILES string of the molecule is COC(=O)c1c(C)c(C)n(Cc2ccccc2)c1C[C@H](C(C)=O)C(=O)OC. The summed E-state index contributed by atoms with van der Waals surface area (Å²) in [5, 5.41) is 0. The average molecular weight is 371 g/mol. The molecule has 0 fully saturated rings. The third-order valence-electron chi connectivity index (χ3n) is 4.88. The zero-order chi connectivity index (χ0) is 20.1. The van der Waals surface area contributed by atoms with Gasteiger partial charge < -0.3 is 14.0 Å². The van der Waals surface area contributed by atoms with E-state index < -0.39 is 17.9 Å². The molecule has 1 atom stereocenters. The summed E-state index contributed by atoms with van der Waals surface area (Å²) in [5.74, 6) is -2.37. The average Bonchev–Trinajstić information content (AvgIpc) is 2.89. The first-order valence-corrected chi connectivity index (χ1v) is 8.70. The van der Waals surface area contributed by atoms with Crippen LogP contribution in [0.25, 0.3) is 0 Å². The summed E-state index contributed by atoms with van der Waals surface area (Å²) >= 11 is 0. The summed E-state index contributed by atoms with van der Waals surface area (Å²) in [5.41, 5.74) is 3.72. The van der Waals surface area contributed by atoms with Gasteiger partial charge in [-0.2, -0.15) is 0 Å². The summed E-state index contributed by atoms with van der Waals surface area (Å²) in [7, 11) is 2.57. The van der Waals surface area contributed by atoms with Gasteiger partial charge in [-0.05, 0) is 31.9 Å². The number of hydrogen-bond donors (Lipinski definition) is 0. The number of hydrogen-bond acceptors (Lipinski definition) is 5. The molecule has 2 aromatic rings. The van der Waals surface area contributed by atoms with Crippen molar-refractivity contribution in [2.75, 3.05) is 14.2 Å². The number of methoxy groups -OCH3 is 2. The summed E-state index contributed by atoms with van der Waals surface area (Å²) in [6.45, 7) is 5.62. The Bertz CT molecular complexity index is 851. The molecule has 2 rings (SSSR count). The number of carbonyl (C=O) groups excluding carboxylic acids is 3. The lowest BCUT2D eigenvalue weighted by atomic mass is 9.96. The first-order valence-electron chi connectivity index (χ1n) is 8.70. The van der Waals surface area contributed by atoms with Crippen molar-refractivity contribution in [2.24, 2.45) is 5.92 Å². The molecule has 0 saturated heterocycles. The van der Waals surface area contributed by atoms with Gasteiger partial charge in [-0.25, -0.2) is 4.79 Å². The lowest BCUT2D eigenvalue weighted by Gasteiger charge is -2.17. The van der Waals surface area contributed by atoms with Gasteiger partial charge in [-0.1, -0.05) is 30.3 Å². The molecular formula is C21H25NO5. The molecule has 6 nitrogen and oxygen atoms in total. The molecule has 144 valence electrons.